The zero-order valence-corrected chi connectivity index (χ0v) is 11.2. The lowest BCUT2D eigenvalue weighted by molar-refractivity contribution is 0.145. The molecule has 5 heteroatoms. The van der Waals surface area contributed by atoms with Crippen LogP contribution in [-0.2, 0) is 0 Å². The lowest BCUT2D eigenvalue weighted by Gasteiger charge is -2.21. The van der Waals surface area contributed by atoms with Crippen LogP contribution in [0, 0.1) is 5.82 Å². The van der Waals surface area contributed by atoms with Gasteiger partial charge in [0.1, 0.15) is 0 Å². The Morgan fingerprint density at radius 1 is 1.35 bits per heavy atom. The maximum Gasteiger partial charge on any atom is 0.165 e. The molecule has 4 nitrogen and oxygen atoms in total. The molecule has 0 radical (unpaired) electrons. The van der Waals surface area contributed by atoms with Crippen LogP contribution in [0.3, 0.4) is 0 Å². The molecular weight excluding hydrogens is 259 g/mol. The third-order valence-electron chi connectivity index (χ3n) is 3.22. The second-order valence-corrected chi connectivity index (χ2v) is 4.44. The van der Waals surface area contributed by atoms with E-state index < -0.39 is 11.9 Å². The Bertz CT molecular complexity index is 563. The first-order chi connectivity index (χ1) is 9.67. The zero-order chi connectivity index (χ0) is 14.5. The maximum absolute atomic E-state index is 13.7. The van der Waals surface area contributed by atoms with Gasteiger partial charge in [0.25, 0.3) is 0 Å². The molecule has 2 rings (SSSR count). The van der Waals surface area contributed by atoms with E-state index >= 15 is 0 Å². The Hall–Kier alpha value is -1.98. The van der Waals surface area contributed by atoms with Gasteiger partial charge in [-0.1, -0.05) is 12.1 Å². The van der Waals surface area contributed by atoms with Crippen molar-refractivity contribution in [3.63, 3.8) is 0 Å². The van der Waals surface area contributed by atoms with Crippen molar-refractivity contribution >= 4 is 0 Å². The number of hydrogen-bond donors (Lipinski definition) is 2. The molecule has 0 aliphatic rings. The summed E-state index contributed by atoms with van der Waals surface area (Å²) in [6.07, 6.45) is 0.717. The fraction of sp³-hybridized carbons (Fsp3) is 0.267. The van der Waals surface area contributed by atoms with E-state index in [9.17, 15) is 9.50 Å². The smallest absolute Gasteiger partial charge is 0.165 e. The van der Waals surface area contributed by atoms with Gasteiger partial charge in [0.15, 0.2) is 11.6 Å². The first-order valence-electron chi connectivity index (χ1n) is 6.30. The molecule has 0 aliphatic heterocycles. The van der Waals surface area contributed by atoms with Crippen LogP contribution in [0.1, 0.15) is 23.3 Å². The van der Waals surface area contributed by atoms with Gasteiger partial charge in [-0.15, -0.1) is 0 Å². The minimum atomic E-state index is -0.921. The van der Waals surface area contributed by atoms with Crippen LogP contribution in [0.4, 0.5) is 4.39 Å². The first-order valence-corrected chi connectivity index (χ1v) is 6.30. The number of halogens is 1. The molecule has 106 valence electrons. The van der Waals surface area contributed by atoms with E-state index in [2.05, 4.69) is 4.98 Å². The number of aromatic nitrogens is 1. The van der Waals surface area contributed by atoms with Gasteiger partial charge >= 0.3 is 0 Å². The van der Waals surface area contributed by atoms with Gasteiger partial charge in [-0.25, -0.2) is 4.39 Å². The van der Waals surface area contributed by atoms with Crippen LogP contribution in [0.5, 0.6) is 5.75 Å². The van der Waals surface area contributed by atoms with Crippen LogP contribution in [0.15, 0.2) is 42.6 Å². The number of methoxy groups -OCH3 is 1. The molecule has 2 unspecified atom stereocenters. The predicted octanol–water partition coefficient (Wildman–Crippen LogP) is 2.01. The molecular formula is C15H17FN2O2. The minimum absolute atomic E-state index is 0.142. The van der Waals surface area contributed by atoms with Crippen molar-refractivity contribution in [2.45, 2.75) is 12.0 Å². The molecule has 2 atom stereocenters. The number of nitrogens with zero attached hydrogens (tertiary/aromatic N) is 1. The Labute approximate surface area is 117 Å². The van der Waals surface area contributed by atoms with E-state index in [0.29, 0.717) is 11.3 Å². The third-order valence-corrected chi connectivity index (χ3v) is 3.22. The second kappa shape index (κ2) is 6.45. The van der Waals surface area contributed by atoms with Crippen LogP contribution >= 0.6 is 0 Å². The van der Waals surface area contributed by atoms with Crippen molar-refractivity contribution in [1.29, 1.82) is 0 Å². The van der Waals surface area contributed by atoms with Crippen LogP contribution in [0.25, 0.3) is 0 Å². The number of aliphatic hydroxyl groups excluding tert-OH is 1. The van der Waals surface area contributed by atoms with Gasteiger partial charge in [0.2, 0.25) is 0 Å². The Morgan fingerprint density at radius 3 is 2.70 bits per heavy atom. The summed E-state index contributed by atoms with van der Waals surface area (Å²) in [5.74, 6) is -0.757. The number of benzene rings is 1. The fourth-order valence-electron chi connectivity index (χ4n) is 2.11. The average Bonchev–Trinajstić information content (AvgIpc) is 2.49. The number of rotatable bonds is 5. The summed E-state index contributed by atoms with van der Waals surface area (Å²) < 4.78 is 18.6. The molecule has 1 aromatic heterocycles. The van der Waals surface area contributed by atoms with E-state index in [0.717, 1.165) is 0 Å². The monoisotopic (exact) mass is 276 g/mol. The number of nitrogens with two attached hydrogens (primary N) is 1. The van der Waals surface area contributed by atoms with E-state index in [-0.39, 0.29) is 18.2 Å². The van der Waals surface area contributed by atoms with Crippen LogP contribution in [-0.4, -0.2) is 23.7 Å². The number of pyridine rings is 1. The van der Waals surface area contributed by atoms with Crippen molar-refractivity contribution in [2.24, 2.45) is 5.73 Å². The van der Waals surface area contributed by atoms with Gasteiger partial charge in [-0.05, 0) is 29.8 Å². The van der Waals surface area contributed by atoms with Crippen molar-refractivity contribution in [2.75, 3.05) is 13.7 Å². The summed E-state index contributed by atoms with van der Waals surface area (Å²) in [5, 5.41) is 10.4. The molecule has 0 amide bonds. The van der Waals surface area contributed by atoms with Gasteiger partial charge in [0, 0.05) is 24.4 Å². The SMILES string of the molecule is COc1ccc(C(O)C(CN)c2ccccn2)cc1F. The summed E-state index contributed by atoms with van der Waals surface area (Å²) in [6, 6.07) is 9.77. The molecule has 0 saturated carbocycles. The summed E-state index contributed by atoms with van der Waals surface area (Å²) in [4.78, 5) is 4.19. The summed E-state index contributed by atoms with van der Waals surface area (Å²) in [6.45, 7) is 0.214. The average molecular weight is 276 g/mol. The van der Waals surface area contributed by atoms with Crippen molar-refractivity contribution in [3.05, 3.63) is 59.7 Å². The van der Waals surface area contributed by atoms with Gasteiger partial charge < -0.3 is 15.6 Å². The fourth-order valence-corrected chi connectivity index (χ4v) is 2.11. The molecule has 2 aromatic rings. The van der Waals surface area contributed by atoms with Gasteiger partial charge in [0.05, 0.1) is 13.2 Å². The normalized spacial score (nSPS) is 13.8. The minimum Gasteiger partial charge on any atom is -0.494 e. The van der Waals surface area contributed by atoms with E-state index in [4.69, 9.17) is 10.5 Å². The van der Waals surface area contributed by atoms with Gasteiger partial charge in [-0.3, -0.25) is 4.98 Å². The molecule has 0 bridgehead atoms. The highest BCUT2D eigenvalue weighted by Gasteiger charge is 2.23. The first kappa shape index (κ1) is 14.4. The van der Waals surface area contributed by atoms with Crippen molar-refractivity contribution < 1.29 is 14.2 Å². The summed E-state index contributed by atoms with van der Waals surface area (Å²) >= 11 is 0. The number of ether oxygens (including phenoxy) is 1. The second-order valence-electron chi connectivity index (χ2n) is 4.44. The van der Waals surface area contributed by atoms with Crippen molar-refractivity contribution in [3.8, 4) is 5.75 Å². The largest absolute Gasteiger partial charge is 0.494 e. The Balaban J connectivity index is 2.29. The molecule has 0 aliphatic carbocycles. The van der Waals surface area contributed by atoms with E-state index in [1.165, 1.54) is 19.2 Å². The molecule has 20 heavy (non-hydrogen) atoms. The highest BCUT2D eigenvalue weighted by atomic mass is 19.1. The highest BCUT2D eigenvalue weighted by Crippen LogP contribution is 2.31. The lowest BCUT2D eigenvalue weighted by Crippen LogP contribution is -2.21. The number of aliphatic hydroxyl groups is 1. The Kier molecular flexibility index (Phi) is 4.65. The highest BCUT2D eigenvalue weighted by molar-refractivity contribution is 5.32. The lowest BCUT2D eigenvalue weighted by atomic mass is 9.92. The molecule has 0 fully saturated rings. The van der Waals surface area contributed by atoms with Crippen LogP contribution < -0.4 is 10.5 Å². The molecule has 3 N–H and O–H groups in total. The molecule has 1 aromatic carbocycles. The molecule has 0 saturated heterocycles. The number of hydrogen-bond acceptors (Lipinski definition) is 4. The maximum atomic E-state index is 13.7. The predicted molar refractivity (Wildman–Crippen MR) is 73.9 cm³/mol. The summed E-state index contributed by atoms with van der Waals surface area (Å²) in [5.41, 5.74) is 6.85. The third kappa shape index (κ3) is 2.95. The Morgan fingerprint density at radius 2 is 2.15 bits per heavy atom. The van der Waals surface area contributed by atoms with E-state index in [1.807, 2.05) is 6.07 Å². The van der Waals surface area contributed by atoms with E-state index in [1.54, 1.807) is 24.4 Å². The topological polar surface area (TPSA) is 68.4 Å². The van der Waals surface area contributed by atoms with Crippen LogP contribution in [0.2, 0.25) is 0 Å². The van der Waals surface area contributed by atoms with Crippen molar-refractivity contribution in [1.82, 2.24) is 4.98 Å². The molecule has 0 spiro atoms. The molecule has 1 heterocycles. The van der Waals surface area contributed by atoms with Gasteiger partial charge in [-0.2, -0.15) is 0 Å². The standard InChI is InChI=1S/C15H17FN2O2/c1-20-14-6-5-10(8-12(14)16)15(19)11(9-17)13-4-2-3-7-18-13/h2-8,11,15,19H,9,17H2,1H3. The quantitative estimate of drug-likeness (QED) is 0.876. The zero-order valence-electron chi connectivity index (χ0n) is 11.2. The summed E-state index contributed by atoms with van der Waals surface area (Å²) in [7, 11) is 1.39.